The predicted molar refractivity (Wildman–Crippen MR) is 203 cm³/mol. The Morgan fingerprint density at radius 3 is 1.98 bits per heavy atom. The van der Waals surface area contributed by atoms with Crippen molar-refractivity contribution in [1.82, 2.24) is 9.55 Å². The summed E-state index contributed by atoms with van der Waals surface area (Å²) in [5.41, 5.74) is 12.6. The zero-order valence-corrected chi connectivity index (χ0v) is 26.5. The third-order valence-corrected chi connectivity index (χ3v) is 9.44. The molecule has 1 aliphatic rings. The minimum absolute atomic E-state index is 0.996. The van der Waals surface area contributed by atoms with Crippen LogP contribution in [0, 0.1) is 0 Å². The molecule has 0 atom stereocenters. The van der Waals surface area contributed by atoms with Crippen LogP contribution in [-0.2, 0) is 0 Å². The maximum Gasteiger partial charge on any atom is 0.0703 e. The standard InChI is InChI=1S/C45H33N3/c1-3-11-32(12-4-1)34-19-23-37(24-20-34)47(38-25-21-35(22-26-38)33-13-5-2-6-14-33)39-27-28-42-41-16-8-10-18-44(41)48(45(42)30-39)40-29-36-15-7-9-17-43(36)46-31-40/h1,3-5,7-31H,2,6H2. The summed E-state index contributed by atoms with van der Waals surface area (Å²) in [4.78, 5) is 7.21. The summed E-state index contributed by atoms with van der Waals surface area (Å²) >= 11 is 0. The van der Waals surface area contributed by atoms with Crippen LogP contribution >= 0.6 is 0 Å². The van der Waals surface area contributed by atoms with Crippen molar-refractivity contribution < 1.29 is 0 Å². The number of allylic oxidation sites excluding steroid dienone is 4. The van der Waals surface area contributed by atoms with Gasteiger partial charge in [-0.25, -0.2) is 0 Å². The molecule has 9 rings (SSSR count). The van der Waals surface area contributed by atoms with Crippen LogP contribution in [-0.4, -0.2) is 9.55 Å². The Morgan fingerprint density at radius 2 is 1.19 bits per heavy atom. The van der Waals surface area contributed by atoms with E-state index < -0.39 is 0 Å². The molecule has 0 spiro atoms. The molecule has 2 aromatic heterocycles. The van der Waals surface area contributed by atoms with Gasteiger partial charge < -0.3 is 9.47 Å². The van der Waals surface area contributed by atoms with E-state index in [-0.39, 0.29) is 0 Å². The van der Waals surface area contributed by atoms with E-state index in [1.165, 1.54) is 38.6 Å². The molecule has 3 nitrogen and oxygen atoms in total. The molecule has 0 radical (unpaired) electrons. The highest BCUT2D eigenvalue weighted by molar-refractivity contribution is 6.10. The quantitative estimate of drug-likeness (QED) is 0.186. The van der Waals surface area contributed by atoms with Crippen LogP contribution in [0.25, 0.3) is 55.1 Å². The molecule has 0 aliphatic heterocycles. The van der Waals surface area contributed by atoms with E-state index in [1.54, 1.807) is 0 Å². The molecule has 1 aliphatic carbocycles. The van der Waals surface area contributed by atoms with Crippen molar-refractivity contribution in [3.05, 3.63) is 182 Å². The van der Waals surface area contributed by atoms with E-state index in [9.17, 15) is 0 Å². The molecule has 6 aromatic carbocycles. The van der Waals surface area contributed by atoms with E-state index in [0.717, 1.165) is 52.0 Å². The number of para-hydroxylation sites is 2. The third-order valence-electron chi connectivity index (χ3n) is 9.44. The number of hydrogen-bond donors (Lipinski definition) is 0. The zero-order chi connectivity index (χ0) is 31.9. The monoisotopic (exact) mass is 615 g/mol. The van der Waals surface area contributed by atoms with E-state index in [2.05, 4.69) is 173 Å². The summed E-state index contributed by atoms with van der Waals surface area (Å²) in [6.07, 6.45) is 11.0. The average Bonchev–Trinajstić information content (AvgIpc) is 3.50. The van der Waals surface area contributed by atoms with E-state index in [4.69, 9.17) is 4.98 Å². The first-order chi connectivity index (χ1) is 23.8. The fourth-order valence-electron chi connectivity index (χ4n) is 7.07. The molecule has 0 bridgehead atoms. The molecule has 0 unspecified atom stereocenters. The molecular formula is C45H33N3. The van der Waals surface area contributed by atoms with E-state index >= 15 is 0 Å². The number of rotatable bonds is 6. The first-order valence-corrected chi connectivity index (χ1v) is 16.6. The Hall–Kier alpha value is -6.19. The Balaban J connectivity index is 1.22. The van der Waals surface area contributed by atoms with Crippen molar-refractivity contribution in [3.8, 4) is 16.8 Å². The molecule has 2 heterocycles. The van der Waals surface area contributed by atoms with Crippen LogP contribution in [0.2, 0.25) is 0 Å². The lowest BCUT2D eigenvalue weighted by molar-refractivity contribution is 1.04. The molecule has 3 heteroatoms. The SMILES string of the molecule is C1=CC(c2ccc(N(c3ccc(-c4ccccc4)cc3)c3ccc4c5ccccc5n(-c5cnc6ccccc6c5)c4c3)cc2)=CCC1. The maximum atomic E-state index is 4.84. The summed E-state index contributed by atoms with van der Waals surface area (Å²) in [7, 11) is 0. The molecular weight excluding hydrogens is 583 g/mol. The Labute approximate surface area is 280 Å². The third kappa shape index (κ3) is 4.97. The van der Waals surface area contributed by atoms with Crippen molar-refractivity contribution in [2.24, 2.45) is 0 Å². The highest BCUT2D eigenvalue weighted by atomic mass is 15.1. The van der Waals surface area contributed by atoms with Crippen molar-refractivity contribution in [1.29, 1.82) is 0 Å². The summed E-state index contributed by atoms with van der Waals surface area (Å²) in [6, 6.07) is 54.5. The summed E-state index contributed by atoms with van der Waals surface area (Å²) in [6.45, 7) is 0. The van der Waals surface area contributed by atoms with Crippen LogP contribution < -0.4 is 4.90 Å². The second-order valence-corrected chi connectivity index (χ2v) is 12.4. The van der Waals surface area contributed by atoms with Gasteiger partial charge in [-0.2, -0.15) is 0 Å². The van der Waals surface area contributed by atoms with Gasteiger partial charge in [0.1, 0.15) is 0 Å². The second kappa shape index (κ2) is 11.9. The summed E-state index contributed by atoms with van der Waals surface area (Å²) in [5, 5.41) is 3.57. The number of pyridine rings is 1. The second-order valence-electron chi connectivity index (χ2n) is 12.4. The maximum absolute atomic E-state index is 4.84. The number of benzene rings is 6. The van der Waals surface area contributed by atoms with Crippen molar-refractivity contribution in [3.63, 3.8) is 0 Å². The Morgan fingerprint density at radius 1 is 0.521 bits per heavy atom. The Bertz CT molecular complexity index is 2480. The number of aromatic nitrogens is 2. The topological polar surface area (TPSA) is 21.1 Å². The normalized spacial score (nSPS) is 12.9. The van der Waals surface area contributed by atoms with Crippen LogP contribution in [0.4, 0.5) is 17.1 Å². The highest BCUT2D eigenvalue weighted by Crippen LogP contribution is 2.40. The molecule has 0 saturated heterocycles. The first kappa shape index (κ1) is 28.1. The lowest BCUT2D eigenvalue weighted by Gasteiger charge is -2.26. The largest absolute Gasteiger partial charge is 0.310 e. The van der Waals surface area contributed by atoms with Crippen molar-refractivity contribution in [2.45, 2.75) is 12.8 Å². The van der Waals surface area contributed by atoms with Gasteiger partial charge in [-0.1, -0.05) is 115 Å². The fourth-order valence-corrected chi connectivity index (χ4v) is 7.07. The fraction of sp³-hybridized carbons (Fsp3) is 0.0444. The van der Waals surface area contributed by atoms with Gasteiger partial charge in [0.2, 0.25) is 0 Å². The molecule has 8 aromatic rings. The number of nitrogens with zero attached hydrogens (tertiary/aromatic N) is 3. The lowest BCUT2D eigenvalue weighted by atomic mass is 9.99. The molecule has 228 valence electrons. The van der Waals surface area contributed by atoms with Crippen LogP contribution in [0.5, 0.6) is 0 Å². The minimum atomic E-state index is 0.996. The summed E-state index contributed by atoms with van der Waals surface area (Å²) in [5.74, 6) is 0. The van der Waals surface area contributed by atoms with Gasteiger partial charge >= 0.3 is 0 Å². The molecule has 0 N–H and O–H groups in total. The molecule has 0 saturated carbocycles. The van der Waals surface area contributed by atoms with Gasteiger partial charge in [0, 0.05) is 33.2 Å². The lowest BCUT2D eigenvalue weighted by Crippen LogP contribution is -2.10. The summed E-state index contributed by atoms with van der Waals surface area (Å²) < 4.78 is 2.36. The van der Waals surface area contributed by atoms with Gasteiger partial charge in [-0.15, -0.1) is 0 Å². The van der Waals surface area contributed by atoms with Gasteiger partial charge in [-0.3, -0.25) is 4.98 Å². The number of anilines is 3. The van der Waals surface area contributed by atoms with Gasteiger partial charge in [0.05, 0.1) is 28.4 Å². The van der Waals surface area contributed by atoms with Gasteiger partial charge in [0.15, 0.2) is 0 Å². The van der Waals surface area contributed by atoms with E-state index in [1.807, 2.05) is 12.3 Å². The molecule has 0 fully saturated rings. The van der Waals surface area contributed by atoms with Gasteiger partial charge in [0.25, 0.3) is 0 Å². The molecule has 0 amide bonds. The smallest absolute Gasteiger partial charge is 0.0703 e. The van der Waals surface area contributed by atoms with Crippen molar-refractivity contribution >= 4 is 55.3 Å². The van der Waals surface area contributed by atoms with Gasteiger partial charge in [-0.05, 0) is 89.7 Å². The average molecular weight is 616 g/mol. The van der Waals surface area contributed by atoms with Crippen LogP contribution in [0.15, 0.2) is 176 Å². The number of hydrogen-bond acceptors (Lipinski definition) is 2. The van der Waals surface area contributed by atoms with Crippen LogP contribution in [0.3, 0.4) is 0 Å². The minimum Gasteiger partial charge on any atom is -0.310 e. The highest BCUT2D eigenvalue weighted by Gasteiger charge is 2.18. The van der Waals surface area contributed by atoms with E-state index in [0.29, 0.717) is 0 Å². The first-order valence-electron chi connectivity index (χ1n) is 16.6. The van der Waals surface area contributed by atoms with Crippen molar-refractivity contribution in [2.75, 3.05) is 4.90 Å². The Kier molecular flexibility index (Phi) is 6.94. The predicted octanol–water partition coefficient (Wildman–Crippen LogP) is 12.2. The molecule has 48 heavy (non-hydrogen) atoms. The number of fused-ring (bicyclic) bond motifs is 4. The zero-order valence-electron chi connectivity index (χ0n) is 26.5. The van der Waals surface area contributed by atoms with Crippen LogP contribution in [0.1, 0.15) is 18.4 Å².